The van der Waals surface area contributed by atoms with E-state index in [2.05, 4.69) is 10.4 Å². The van der Waals surface area contributed by atoms with Crippen LogP contribution in [0.3, 0.4) is 0 Å². The highest BCUT2D eigenvalue weighted by Crippen LogP contribution is 2.13. The first-order valence-electron chi connectivity index (χ1n) is 4.93. The van der Waals surface area contributed by atoms with Crippen LogP contribution in [-0.4, -0.2) is 31.5 Å². The number of hydrogen-bond donors (Lipinski definition) is 3. The van der Waals surface area contributed by atoms with E-state index in [9.17, 15) is 4.79 Å². The summed E-state index contributed by atoms with van der Waals surface area (Å²) in [4.78, 5) is 11.4. The van der Waals surface area contributed by atoms with Crippen molar-refractivity contribution in [2.24, 2.45) is 10.9 Å². The van der Waals surface area contributed by atoms with Crippen LogP contribution in [0.5, 0.6) is 5.75 Å². The number of rotatable bonds is 5. The van der Waals surface area contributed by atoms with Crippen molar-refractivity contribution in [2.75, 3.05) is 13.7 Å². The molecule has 0 atom stereocenters. The third kappa shape index (κ3) is 3.60. The van der Waals surface area contributed by atoms with E-state index in [1.807, 2.05) is 0 Å². The standard InChI is InChI=1S/C11H14N4O2/c1-14-11(16)8-3-2-4-10(5-8)17-7-9(6-12)15-13/h2-6,12H,7,13H2,1H3,(H,14,16)/b12-6?,15-9+. The van der Waals surface area contributed by atoms with Crippen molar-refractivity contribution in [3.63, 3.8) is 0 Å². The van der Waals surface area contributed by atoms with E-state index < -0.39 is 0 Å². The molecular formula is C11H14N4O2. The number of carbonyl (C=O) groups excluding carboxylic acids is 1. The normalized spacial score (nSPS) is 10.8. The summed E-state index contributed by atoms with van der Waals surface area (Å²) in [7, 11) is 1.56. The molecule has 1 amide bonds. The van der Waals surface area contributed by atoms with E-state index >= 15 is 0 Å². The third-order valence-electron chi connectivity index (χ3n) is 2.04. The van der Waals surface area contributed by atoms with Gasteiger partial charge in [0.1, 0.15) is 18.1 Å². The van der Waals surface area contributed by atoms with Crippen LogP contribution in [0.15, 0.2) is 29.4 Å². The van der Waals surface area contributed by atoms with E-state index in [4.69, 9.17) is 16.0 Å². The van der Waals surface area contributed by atoms with Crippen LogP contribution in [0.25, 0.3) is 0 Å². The van der Waals surface area contributed by atoms with Gasteiger partial charge in [0.2, 0.25) is 0 Å². The molecule has 0 saturated carbocycles. The van der Waals surface area contributed by atoms with Crippen molar-refractivity contribution in [1.29, 1.82) is 5.41 Å². The maximum absolute atomic E-state index is 11.4. The molecule has 0 spiro atoms. The number of nitrogens with one attached hydrogen (secondary N) is 2. The largest absolute Gasteiger partial charge is 0.487 e. The second kappa shape index (κ2) is 6.26. The first kappa shape index (κ1) is 12.7. The molecule has 0 radical (unpaired) electrons. The Hall–Kier alpha value is -2.37. The highest BCUT2D eigenvalue weighted by molar-refractivity contribution is 6.30. The predicted molar refractivity (Wildman–Crippen MR) is 65.7 cm³/mol. The molecule has 17 heavy (non-hydrogen) atoms. The Labute approximate surface area is 99.0 Å². The minimum Gasteiger partial charge on any atom is -0.487 e. The zero-order valence-electron chi connectivity index (χ0n) is 9.43. The fourth-order valence-corrected chi connectivity index (χ4v) is 1.14. The van der Waals surface area contributed by atoms with Gasteiger partial charge in [-0.1, -0.05) is 6.07 Å². The molecular weight excluding hydrogens is 220 g/mol. The van der Waals surface area contributed by atoms with Crippen LogP contribution < -0.4 is 15.9 Å². The second-order valence-corrected chi connectivity index (χ2v) is 3.16. The van der Waals surface area contributed by atoms with Crippen LogP contribution in [0.2, 0.25) is 0 Å². The van der Waals surface area contributed by atoms with Crippen LogP contribution in [0, 0.1) is 5.41 Å². The Morgan fingerprint density at radius 3 is 3.00 bits per heavy atom. The molecule has 1 aromatic carbocycles. The van der Waals surface area contributed by atoms with E-state index in [1.54, 1.807) is 31.3 Å². The highest BCUT2D eigenvalue weighted by atomic mass is 16.5. The van der Waals surface area contributed by atoms with Crippen LogP contribution in [0.1, 0.15) is 10.4 Å². The smallest absolute Gasteiger partial charge is 0.251 e. The molecule has 90 valence electrons. The molecule has 0 unspecified atom stereocenters. The zero-order chi connectivity index (χ0) is 12.7. The van der Waals surface area contributed by atoms with Crippen molar-refractivity contribution in [3.8, 4) is 5.75 Å². The van der Waals surface area contributed by atoms with Gasteiger partial charge in [-0.25, -0.2) is 0 Å². The summed E-state index contributed by atoms with van der Waals surface area (Å²) in [5.41, 5.74) is 0.821. The quantitative estimate of drug-likeness (QED) is 0.390. The maximum atomic E-state index is 11.4. The molecule has 0 aromatic heterocycles. The molecule has 4 N–H and O–H groups in total. The Kier molecular flexibility index (Phi) is 4.68. The van der Waals surface area contributed by atoms with Crippen molar-refractivity contribution in [2.45, 2.75) is 0 Å². The van der Waals surface area contributed by atoms with Gasteiger partial charge in [-0.05, 0) is 18.2 Å². The number of hydrazone groups is 1. The predicted octanol–water partition coefficient (Wildman–Crippen LogP) is 0.389. The molecule has 1 rings (SSSR count). The number of ether oxygens (including phenoxy) is 1. The molecule has 6 nitrogen and oxygen atoms in total. The average molecular weight is 234 g/mol. The monoisotopic (exact) mass is 234 g/mol. The van der Waals surface area contributed by atoms with Gasteiger partial charge in [0.15, 0.2) is 0 Å². The first-order valence-corrected chi connectivity index (χ1v) is 4.93. The lowest BCUT2D eigenvalue weighted by molar-refractivity contribution is 0.0962. The van der Waals surface area contributed by atoms with Crippen molar-refractivity contribution < 1.29 is 9.53 Å². The SMILES string of the molecule is CNC(=O)c1cccc(OC/C(C=N)=N/N)c1. The summed E-state index contributed by atoms with van der Waals surface area (Å²) in [5, 5.41) is 12.9. The lowest BCUT2D eigenvalue weighted by Gasteiger charge is -2.06. The van der Waals surface area contributed by atoms with Gasteiger partial charge in [0.05, 0.1) is 0 Å². The van der Waals surface area contributed by atoms with Gasteiger partial charge < -0.3 is 21.3 Å². The maximum Gasteiger partial charge on any atom is 0.251 e. The number of benzene rings is 1. The Balaban J connectivity index is 2.72. The summed E-state index contributed by atoms with van der Waals surface area (Å²) in [5.74, 6) is 5.38. The molecule has 1 aromatic rings. The number of hydrogen-bond acceptors (Lipinski definition) is 5. The summed E-state index contributed by atoms with van der Waals surface area (Å²) in [6, 6.07) is 6.71. The average Bonchev–Trinajstić information content (AvgIpc) is 2.39. The molecule has 6 heteroatoms. The summed E-state index contributed by atoms with van der Waals surface area (Å²) in [6.07, 6.45) is 1.02. The minimum absolute atomic E-state index is 0.0944. The van der Waals surface area contributed by atoms with Gasteiger partial charge in [0.25, 0.3) is 5.91 Å². The van der Waals surface area contributed by atoms with E-state index in [0.29, 0.717) is 17.0 Å². The number of nitrogens with two attached hydrogens (primary N) is 1. The molecule has 0 saturated heterocycles. The summed E-state index contributed by atoms with van der Waals surface area (Å²) in [6.45, 7) is 0.0944. The van der Waals surface area contributed by atoms with Gasteiger partial charge >= 0.3 is 0 Å². The molecule has 0 fully saturated rings. The Bertz CT molecular complexity index is 443. The molecule has 0 aliphatic heterocycles. The van der Waals surface area contributed by atoms with Crippen LogP contribution in [-0.2, 0) is 0 Å². The lowest BCUT2D eigenvalue weighted by atomic mass is 10.2. The molecule has 0 bridgehead atoms. The van der Waals surface area contributed by atoms with Gasteiger partial charge in [-0.2, -0.15) is 5.10 Å². The summed E-state index contributed by atoms with van der Waals surface area (Å²) < 4.78 is 5.34. The van der Waals surface area contributed by atoms with E-state index in [-0.39, 0.29) is 12.5 Å². The molecule has 0 aliphatic rings. The fourth-order valence-electron chi connectivity index (χ4n) is 1.14. The summed E-state index contributed by atoms with van der Waals surface area (Å²) >= 11 is 0. The van der Waals surface area contributed by atoms with Gasteiger partial charge in [-0.15, -0.1) is 0 Å². The van der Waals surface area contributed by atoms with Crippen molar-refractivity contribution in [1.82, 2.24) is 5.32 Å². The minimum atomic E-state index is -0.185. The third-order valence-corrected chi connectivity index (χ3v) is 2.04. The van der Waals surface area contributed by atoms with E-state index in [1.165, 1.54) is 0 Å². The van der Waals surface area contributed by atoms with Crippen molar-refractivity contribution >= 4 is 17.8 Å². The topological polar surface area (TPSA) is 101 Å². The second-order valence-electron chi connectivity index (χ2n) is 3.16. The van der Waals surface area contributed by atoms with Crippen LogP contribution in [0.4, 0.5) is 0 Å². The Morgan fingerprint density at radius 2 is 2.41 bits per heavy atom. The van der Waals surface area contributed by atoms with E-state index in [0.717, 1.165) is 6.21 Å². The Morgan fingerprint density at radius 1 is 1.65 bits per heavy atom. The first-order chi connectivity index (χ1) is 8.21. The highest BCUT2D eigenvalue weighted by Gasteiger charge is 2.04. The molecule has 0 heterocycles. The fraction of sp³-hybridized carbons (Fsp3) is 0.182. The molecule has 0 aliphatic carbocycles. The number of carbonyl (C=O) groups is 1. The van der Waals surface area contributed by atoms with Gasteiger partial charge in [0, 0.05) is 18.8 Å². The number of amides is 1. The zero-order valence-corrected chi connectivity index (χ0v) is 9.43. The number of nitrogens with zero attached hydrogens (tertiary/aromatic N) is 1. The lowest BCUT2D eigenvalue weighted by Crippen LogP contribution is -2.18. The van der Waals surface area contributed by atoms with Crippen molar-refractivity contribution in [3.05, 3.63) is 29.8 Å². The van der Waals surface area contributed by atoms with Gasteiger partial charge in [-0.3, -0.25) is 4.79 Å². The van der Waals surface area contributed by atoms with Crippen LogP contribution >= 0.6 is 0 Å².